The summed E-state index contributed by atoms with van der Waals surface area (Å²) in [6.45, 7) is 1.01. The van der Waals surface area contributed by atoms with Gasteiger partial charge in [0.2, 0.25) is 5.91 Å². The molecule has 0 bridgehead atoms. The maximum absolute atomic E-state index is 11.8. The van der Waals surface area contributed by atoms with Crippen molar-refractivity contribution in [3.05, 3.63) is 71.3 Å². The highest BCUT2D eigenvalue weighted by atomic mass is 16.5. The van der Waals surface area contributed by atoms with E-state index in [1.807, 2.05) is 48.5 Å². The third kappa shape index (κ3) is 7.05. The molecule has 0 fully saturated rings. The van der Waals surface area contributed by atoms with Crippen LogP contribution >= 0.6 is 0 Å². The number of nitrogens with zero attached hydrogens (tertiary/aromatic N) is 1. The van der Waals surface area contributed by atoms with Gasteiger partial charge < -0.3 is 15.4 Å². The van der Waals surface area contributed by atoms with Crippen LogP contribution in [0.5, 0.6) is 0 Å². The SMILES string of the molecule is N#Cc1ccc(CNC(=O)CCCNC(=O)OCc2ccccc2)cc1. The van der Waals surface area contributed by atoms with Crippen LogP contribution in [0.1, 0.15) is 29.5 Å². The van der Waals surface area contributed by atoms with E-state index in [4.69, 9.17) is 10.00 Å². The molecule has 2 aromatic rings. The van der Waals surface area contributed by atoms with Gasteiger partial charge in [0.15, 0.2) is 0 Å². The Hall–Kier alpha value is -3.33. The van der Waals surface area contributed by atoms with Crippen LogP contribution in [-0.4, -0.2) is 18.5 Å². The molecule has 2 rings (SSSR count). The fraction of sp³-hybridized carbons (Fsp3) is 0.250. The zero-order valence-electron chi connectivity index (χ0n) is 14.4. The smallest absolute Gasteiger partial charge is 0.407 e. The summed E-state index contributed by atoms with van der Waals surface area (Å²) in [6.07, 6.45) is 0.348. The van der Waals surface area contributed by atoms with Crippen LogP contribution in [0.4, 0.5) is 4.79 Å². The molecule has 0 aromatic heterocycles. The first-order valence-corrected chi connectivity index (χ1v) is 8.37. The fourth-order valence-corrected chi connectivity index (χ4v) is 2.20. The molecule has 26 heavy (non-hydrogen) atoms. The first-order valence-electron chi connectivity index (χ1n) is 8.37. The summed E-state index contributed by atoms with van der Waals surface area (Å²) in [5.41, 5.74) is 2.44. The van der Waals surface area contributed by atoms with Crippen LogP contribution in [-0.2, 0) is 22.7 Å². The number of carbonyl (C=O) groups excluding carboxylic acids is 2. The lowest BCUT2D eigenvalue weighted by atomic mass is 10.1. The highest BCUT2D eigenvalue weighted by Gasteiger charge is 2.04. The van der Waals surface area contributed by atoms with E-state index in [9.17, 15) is 9.59 Å². The Labute approximate surface area is 152 Å². The lowest BCUT2D eigenvalue weighted by Gasteiger charge is -2.08. The van der Waals surface area contributed by atoms with Gasteiger partial charge in [-0.2, -0.15) is 5.26 Å². The van der Waals surface area contributed by atoms with E-state index < -0.39 is 6.09 Å². The van der Waals surface area contributed by atoms with Crippen LogP contribution in [0.25, 0.3) is 0 Å². The predicted octanol–water partition coefficient (Wildman–Crippen LogP) is 2.88. The Kier molecular flexibility index (Phi) is 7.69. The van der Waals surface area contributed by atoms with Crippen LogP contribution in [0.2, 0.25) is 0 Å². The van der Waals surface area contributed by atoms with Crippen molar-refractivity contribution in [2.24, 2.45) is 0 Å². The molecule has 0 aliphatic heterocycles. The number of alkyl carbamates (subject to hydrolysis) is 1. The van der Waals surface area contributed by atoms with Crippen molar-refractivity contribution >= 4 is 12.0 Å². The van der Waals surface area contributed by atoms with Crippen molar-refractivity contribution in [2.75, 3.05) is 6.54 Å². The molecule has 0 aliphatic rings. The van der Waals surface area contributed by atoms with Crippen molar-refractivity contribution in [1.82, 2.24) is 10.6 Å². The molecule has 0 spiro atoms. The van der Waals surface area contributed by atoms with Gasteiger partial charge in [0.1, 0.15) is 6.61 Å². The van der Waals surface area contributed by atoms with Crippen LogP contribution < -0.4 is 10.6 Å². The number of amides is 2. The number of carbonyl (C=O) groups is 2. The van der Waals surface area contributed by atoms with E-state index in [2.05, 4.69) is 10.6 Å². The molecule has 0 saturated heterocycles. The van der Waals surface area contributed by atoms with Crippen molar-refractivity contribution in [3.63, 3.8) is 0 Å². The molecule has 0 unspecified atom stereocenters. The Morgan fingerprint density at radius 3 is 2.38 bits per heavy atom. The second kappa shape index (κ2) is 10.5. The van der Waals surface area contributed by atoms with Crippen molar-refractivity contribution < 1.29 is 14.3 Å². The minimum Gasteiger partial charge on any atom is -0.445 e. The second-order valence-corrected chi connectivity index (χ2v) is 5.68. The number of hydrogen-bond acceptors (Lipinski definition) is 4. The molecule has 0 saturated carbocycles. The molecule has 2 aromatic carbocycles. The van der Waals surface area contributed by atoms with Gasteiger partial charge in [0.25, 0.3) is 0 Å². The Bertz CT molecular complexity index is 752. The zero-order chi connectivity index (χ0) is 18.6. The first kappa shape index (κ1) is 19.0. The first-order chi connectivity index (χ1) is 12.7. The van der Waals surface area contributed by atoms with Crippen molar-refractivity contribution in [2.45, 2.75) is 26.0 Å². The Balaban J connectivity index is 1.55. The number of benzene rings is 2. The fourth-order valence-electron chi connectivity index (χ4n) is 2.20. The lowest BCUT2D eigenvalue weighted by molar-refractivity contribution is -0.121. The Morgan fingerprint density at radius 2 is 1.69 bits per heavy atom. The van der Waals surface area contributed by atoms with Crippen LogP contribution in [0, 0.1) is 11.3 Å². The molecule has 6 nitrogen and oxygen atoms in total. The predicted molar refractivity (Wildman–Crippen MR) is 96.9 cm³/mol. The topological polar surface area (TPSA) is 91.2 Å². The normalized spacial score (nSPS) is 9.81. The highest BCUT2D eigenvalue weighted by Crippen LogP contribution is 2.03. The Morgan fingerprint density at radius 1 is 0.962 bits per heavy atom. The van der Waals surface area contributed by atoms with Gasteiger partial charge in [0.05, 0.1) is 11.6 Å². The molecule has 0 radical (unpaired) electrons. The molecule has 0 atom stereocenters. The summed E-state index contributed by atoms with van der Waals surface area (Å²) in [7, 11) is 0. The van der Waals surface area contributed by atoms with E-state index in [-0.39, 0.29) is 12.5 Å². The molecule has 0 aliphatic carbocycles. The van der Waals surface area contributed by atoms with Gasteiger partial charge in [-0.05, 0) is 29.7 Å². The summed E-state index contributed by atoms with van der Waals surface area (Å²) in [4.78, 5) is 23.4. The standard InChI is InChI=1S/C20H21N3O3/c21-13-16-8-10-17(11-9-16)14-23-19(24)7-4-12-22-20(25)26-15-18-5-2-1-3-6-18/h1-3,5-6,8-11H,4,7,12,14-15H2,(H,22,25)(H,23,24). The molecular formula is C20H21N3O3. The summed E-state index contributed by atoms with van der Waals surface area (Å²) < 4.78 is 5.09. The maximum atomic E-state index is 11.8. The molecular weight excluding hydrogens is 330 g/mol. The minimum absolute atomic E-state index is 0.0891. The van der Waals surface area contributed by atoms with E-state index in [1.165, 1.54) is 0 Å². The molecule has 0 heterocycles. The number of nitriles is 1. The summed E-state index contributed by atoms with van der Waals surface area (Å²) in [6, 6.07) is 18.5. The number of rotatable bonds is 8. The van der Waals surface area contributed by atoms with Gasteiger partial charge in [-0.15, -0.1) is 0 Å². The quantitative estimate of drug-likeness (QED) is 0.716. The number of nitrogens with one attached hydrogen (secondary N) is 2. The average Bonchev–Trinajstić information content (AvgIpc) is 2.69. The van der Waals surface area contributed by atoms with Gasteiger partial charge in [0, 0.05) is 19.5 Å². The van der Waals surface area contributed by atoms with Gasteiger partial charge >= 0.3 is 6.09 Å². The average molecular weight is 351 g/mol. The van der Waals surface area contributed by atoms with Gasteiger partial charge in [-0.25, -0.2) is 4.79 Å². The number of hydrogen-bond donors (Lipinski definition) is 2. The summed E-state index contributed by atoms with van der Waals surface area (Å²) in [5.74, 6) is -0.0891. The largest absolute Gasteiger partial charge is 0.445 e. The van der Waals surface area contributed by atoms with Crippen LogP contribution in [0.3, 0.4) is 0 Å². The van der Waals surface area contributed by atoms with E-state index in [0.29, 0.717) is 31.5 Å². The summed E-state index contributed by atoms with van der Waals surface area (Å²) >= 11 is 0. The molecule has 134 valence electrons. The van der Waals surface area contributed by atoms with Crippen molar-refractivity contribution in [1.29, 1.82) is 5.26 Å². The monoisotopic (exact) mass is 351 g/mol. The molecule has 2 amide bonds. The third-order valence-corrected chi connectivity index (χ3v) is 3.64. The van der Waals surface area contributed by atoms with E-state index >= 15 is 0 Å². The zero-order valence-corrected chi connectivity index (χ0v) is 14.4. The highest BCUT2D eigenvalue weighted by molar-refractivity contribution is 5.76. The summed E-state index contributed by atoms with van der Waals surface area (Å²) in [5, 5.41) is 14.2. The maximum Gasteiger partial charge on any atom is 0.407 e. The van der Waals surface area contributed by atoms with E-state index in [0.717, 1.165) is 11.1 Å². The molecule has 6 heteroatoms. The molecule has 2 N–H and O–H groups in total. The van der Waals surface area contributed by atoms with Gasteiger partial charge in [-0.1, -0.05) is 42.5 Å². The lowest BCUT2D eigenvalue weighted by Crippen LogP contribution is -2.27. The van der Waals surface area contributed by atoms with E-state index in [1.54, 1.807) is 12.1 Å². The van der Waals surface area contributed by atoms with Crippen LogP contribution in [0.15, 0.2) is 54.6 Å². The second-order valence-electron chi connectivity index (χ2n) is 5.68. The third-order valence-electron chi connectivity index (χ3n) is 3.64. The van der Waals surface area contributed by atoms with Crippen molar-refractivity contribution in [3.8, 4) is 6.07 Å². The minimum atomic E-state index is -0.494. The number of ether oxygens (including phenoxy) is 1. The van der Waals surface area contributed by atoms with Gasteiger partial charge in [-0.3, -0.25) is 4.79 Å².